The fourth-order valence-electron chi connectivity index (χ4n) is 4.50. The van der Waals surface area contributed by atoms with E-state index in [1.165, 1.54) is 23.9 Å². The molecule has 1 spiro atoms. The summed E-state index contributed by atoms with van der Waals surface area (Å²) in [6.45, 7) is 0. The Bertz CT molecular complexity index is 1280. The van der Waals surface area contributed by atoms with E-state index in [4.69, 9.17) is 4.84 Å². The molecule has 1 amide bonds. The minimum atomic E-state index is -1.02. The quantitative estimate of drug-likeness (QED) is 0.475. The predicted molar refractivity (Wildman–Crippen MR) is 121 cm³/mol. The highest BCUT2D eigenvalue weighted by Crippen LogP contribution is 2.60. The van der Waals surface area contributed by atoms with Gasteiger partial charge in [0, 0.05) is 29.1 Å². The molecule has 158 valence electrons. The molecule has 3 unspecified atom stereocenters. The molecule has 0 bridgehead atoms. The number of nitro benzene ring substituents is 1. The Morgan fingerprint density at radius 2 is 1.75 bits per heavy atom. The van der Waals surface area contributed by atoms with Gasteiger partial charge in [0.25, 0.3) is 11.6 Å². The maximum Gasteiger partial charge on any atom is 0.269 e. The van der Waals surface area contributed by atoms with Gasteiger partial charge in [-0.05, 0) is 35.9 Å². The Labute approximate surface area is 187 Å². The number of nitrogens with zero attached hydrogens (tertiary/aromatic N) is 3. The second-order valence-corrected chi connectivity index (χ2v) is 9.01. The van der Waals surface area contributed by atoms with Gasteiger partial charge in [-0.15, -0.1) is 11.8 Å². The SMILES string of the molecule is O=C1Nc2ccccc2C12SC1C(=NOC1c1ccc([N+](=O)[O-])cc1)N2c1ccccc1. The standard InChI is InChI=1S/C23H16N4O4S/c28-22-23(17-8-4-5-9-18(17)24-22)26(15-6-2-1-3-7-15)21-20(32-23)19(31-25-21)14-10-12-16(13-11-14)27(29)30/h1-13,19-20H,(H,24,28). The summed E-state index contributed by atoms with van der Waals surface area (Å²) in [6.07, 6.45) is -0.470. The van der Waals surface area contributed by atoms with Gasteiger partial charge in [0.15, 0.2) is 11.9 Å². The van der Waals surface area contributed by atoms with Gasteiger partial charge in [-0.25, -0.2) is 0 Å². The van der Waals surface area contributed by atoms with Crippen LogP contribution in [0.3, 0.4) is 0 Å². The summed E-state index contributed by atoms with van der Waals surface area (Å²) in [7, 11) is 0. The predicted octanol–water partition coefficient (Wildman–Crippen LogP) is 4.41. The monoisotopic (exact) mass is 444 g/mol. The van der Waals surface area contributed by atoms with Crippen LogP contribution in [-0.2, 0) is 14.5 Å². The van der Waals surface area contributed by atoms with Crippen molar-refractivity contribution in [1.29, 1.82) is 0 Å². The van der Waals surface area contributed by atoms with E-state index in [0.717, 1.165) is 22.5 Å². The molecular weight excluding hydrogens is 428 g/mol. The first-order valence-corrected chi connectivity index (χ1v) is 10.9. The van der Waals surface area contributed by atoms with Gasteiger partial charge in [-0.2, -0.15) is 0 Å². The number of hydrogen-bond donors (Lipinski definition) is 1. The fraction of sp³-hybridized carbons (Fsp3) is 0.130. The van der Waals surface area contributed by atoms with E-state index >= 15 is 0 Å². The third-order valence-electron chi connectivity index (χ3n) is 5.93. The molecule has 3 atom stereocenters. The summed E-state index contributed by atoms with van der Waals surface area (Å²) in [5, 5.41) is 18.2. The first-order chi connectivity index (χ1) is 15.6. The van der Waals surface area contributed by atoms with Crippen molar-refractivity contribution in [3.8, 4) is 0 Å². The number of non-ortho nitro benzene ring substituents is 1. The minimum absolute atomic E-state index is 0.0124. The van der Waals surface area contributed by atoms with Gasteiger partial charge in [-0.1, -0.05) is 41.6 Å². The lowest BCUT2D eigenvalue weighted by molar-refractivity contribution is -0.384. The zero-order valence-electron chi connectivity index (χ0n) is 16.5. The highest BCUT2D eigenvalue weighted by molar-refractivity contribution is 8.03. The molecule has 3 heterocycles. The van der Waals surface area contributed by atoms with Crippen LogP contribution in [0, 0.1) is 10.1 Å². The number of carbonyl (C=O) groups is 1. The van der Waals surface area contributed by atoms with Crippen LogP contribution in [0.25, 0.3) is 0 Å². The molecule has 1 fully saturated rings. The van der Waals surface area contributed by atoms with E-state index in [1.54, 1.807) is 12.1 Å². The van der Waals surface area contributed by atoms with Gasteiger partial charge in [0.05, 0.1) is 4.92 Å². The van der Waals surface area contributed by atoms with Crippen LogP contribution in [0.1, 0.15) is 17.2 Å². The Balaban J connectivity index is 1.48. The van der Waals surface area contributed by atoms with Crippen LogP contribution in [0.15, 0.2) is 84.0 Å². The van der Waals surface area contributed by atoms with Gasteiger partial charge in [-0.3, -0.25) is 19.8 Å². The fourth-order valence-corrected chi connectivity index (χ4v) is 6.22. The number of oxime groups is 1. The number of anilines is 2. The van der Waals surface area contributed by atoms with Crippen molar-refractivity contribution in [3.63, 3.8) is 0 Å². The van der Waals surface area contributed by atoms with Crippen LogP contribution >= 0.6 is 11.8 Å². The lowest BCUT2D eigenvalue weighted by Gasteiger charge is -2.33. The largest absolute Gasteiger partial charge is 0.384 e. The van der Waals surface area contributed by atoms with Crippen LogP contribution in [0.5, 0.6) is 0 Å². The van der Waals surface area contributed by atoms with Crippen molar-refractivity contribution < 1.29 is 14.6 Å². The van der Waals surface area contributed by atoms with Crippen LogP contribution in [0.2, 0.25) is 0 Å². The summed E-state index contributed by atoms with van der Waals surface area (Å²) in [6, 6.07) is 23.6. The van der Waals surface area contributed by atoms with E-state index in [2.05, 4.69) is 10.5 Å². The molecule has 3 aliphatic heterocycles. The molecule has 6 rings (SSSR count). The molecule has 1 saturated heterocycles. The molecule has 0 radical (unpaired) electrons. The van der Waals surface area contributed by atoms with Crippen molar-refractivity contribution in [3.05, 3.63) is 100 Å². The molecule has 0 aliphatic carbocycles. The summed E-state index contributed by atoms with van der Waals surface area (Å²) in [4.78, 5) is 30.8. The molecule has 0 saturated carbocycles. The third-order valence-corrected chi connectivity index (χ3v) is 7.57. The van der Waals surface area contributed by atoms with E-state index in [0.29, 0.717) is 5.84 Å². The first-order valence-electron chi connectivity index (χ1n) is 10.0. The Morgan fingerprint density at radius 1 is 1.03 bits per heavy atom. The lowest BCUT2D eigenvalue weighted by atomic mass is 10.0. The minimum Gasteiger partial charge on any atom is -0.384 e. The summed E-state index contributed by atoms with van der Waals surface area (Å²) >= 11 is 1.48. The zero-order valence-corrected chi connectivity index (χ0v) is 17.4. The van der Waals surface area contributed by atoms with E-state index in [9.17, 15) is 14.9 Å². The smallest absolute Gasteiger partial charge is 0.269 e. The second kappa shape index (κ2) is 6.83. The van der Waals surface area contributed by atoms with Gasteiger partial charge in [0.1, 0.15) is 5.25 Å². The van der Waals surface area contributed by atoms with E-state index < -0.39 is 15.9 Å². The second-order valence-electron chi connectivity index (χ2n) is 7.68. The molecule has 1 N–H and O–H groups in total. The van der Waals surface area contributed by atoms with Gasteiger partial charge in [0.2, 0.25) is 4.87 Å². The molecule has 3 aromatic carbocycles. The summed E-state index contributed by atoms with van der Waals surface area (Å²) < 4.78 is 0. The topological polar surface area (TPSA) is 97.1 Å². The molecule has 3 aromatic rings. The van der Waals surface area contributed by atoms with Crippen molar-refractivity contribution >= 4 is 40.6 Å². The highest BCUT2D eigenvalue weighted by Gasteiger charge is 2.64. The number of rotatable bonds is 3. The first kappa shape index (κ1) is 18.9. The molecule has 9 heteroatoms. The molecule has 32 heavy (non-hydrogen) atoms. The van der Waals surface area contributed by atoms with Crippen LogP contribution in [0.4, 0.5) is 17.1 Å². The third kappa shape index (κ3) is 2.51. The number of hydrogen-bond acceptors (Lipinski definition) is 7. The summed E-state index contributed by atoms with van der Waals surface area (Å²) in [5.74, 6) is 0.517. The Kier molecular flexibility index (Phi) is 4.03. The lowest BCUT2D eigenvalue weighted by Crippen LogP contribution is -2.47. The number of para-hydroxylation sites is 2. The highest BCUT2D eigenvalue weighted by atomic mass is 32.2. The number of fused-ring (bicyclic) bond motifs is 3. The van der Waals surface area contributed by atoms with Crippen molar-refractivity contribution in [2.24, 2.45) is 5.16 Å². The van der Waals surface area contributed by atoms with Gasteiger partial charge >= 0.3 is 0 Å². The van der Waals surface area contributed by atoms with Crippen LogP contribution in [-0.4, -0.2) is 21.9 Å². The number of amides is 1. The normalized spacial score (nSPS) is 25.2. The molecule has 3 aliphatic rings. The Morgan fingerprint density at radius 3 is 2.50 bits per heavy atom. The zero-order chi connectivity index (χ0) is 21.9. The van der Waals surface area contributed by atoms with Crippen LogP contribution < -0.4 is 10.2 Å². The van der Waals surface area contributed by atoms with Gasteiger partial charge < -0.3 is 10.2 Å². The van der Waals surface area contributed by atoms with Crippen molar-refractivity contribution in [1.82, 2.24) is 0 Å². The molecule has 0 aromatic heterocycles. The number of amidine groups is 1. The molecule has 8 nitrogen and oxygen atoms in total. The number of nitrogens with one attached hydrogen (secondary N) is 1. The molecular formula is C23H16N4O4S. The van der Waals surface area contributed by atoms with Crippen molar-refractivity contribution in [2.75, 3.05) is 10.2 Å². The van der Waals surface area contributed by atoms with Crippen molar-refractivity contribution in [2.45, 2.75) is 16.2 Å². The number of benzene rings is 3. The van der Waals surface area contributed by atoms with E-state index in [1.807, 2.05) is 59.5 Å². The average Bonchev–Trinajstić information content (AvgIpc) is 3.45. The maximum absolute atomic E-state index is 13.5. The van der Waals surface area contributed by atoms with E-state index in [-0.39, 0.29) is 16.8 Å². The summed E-state index contributed by atoms with van der Waals surface area (Å²) in [5.41, 5.74) is 3.26. The average molecular weight is 444 g/mol. The number of thioether (sulfide) groups is 1. The maximum atomic E-state index is 13.5. The Hall–Kier alpha value is -3.85. The number of nitro groups is 1. The number of carbonyl (C=O) groups excluding carboxylic acids is 1.